The van der Waals surface area contributed by atoms with E-state index in [9.17, 15) is 14.9 Å². The molecule has 0 aliphatic rings. The molecule has 1 N–H and O–H groups in total. The van der Waals surface area contributed by atoms with Gasteiger partial charge in [0.05, 0.1) is 21.2 Å². The van der Waals surface area contributed by atoms with Crippen LogP contribution in [0, 0.1) is 17.0 Å². The summed E-state index contributed by atoms with van der Waals surface area (Å²) < 4.78 is 7.22. The van der Waals surface area contributed by atoms with Crippen molar-refractivity contribution in [3.05, 3.63) is 103 Å². The van der Waals surface area contributed by atoms with Gasteiger partial charge < -0.3 is 4.42 Å². The minimum atomic E-state index is -0.421. The quantitative estimate of drug-likeness (QED) is 0.430. The van der Waals surface area contributed by atoms with Crippen molar-refractivity contribution in [3.8, 4) is 17.0 Å². The predicted octanol–water partition coefficient (Wildman–Crippen LogP) is 2.88. The highest BCUT2D eigenvalue weighted by molar-refractivity contribution is 5.64. The molecule has 4 aromatic rings. The maximum atomic E-state index is 12.8. The van der Waals surface area contributed by atoms with Crippen LogP contribution in [0.2, 0.25) is 0 Å². The topological polar surface area (TPSA) is 94.1 Å². The number of hydrogen-bond acceptors (Lipinski definition) is 4. The van der Waals surface area contributed by atoms with Gasteiger partial charge in [-0.05, 0) is 37.3 Å². The first-order valence-corrected chi connectivity index (χ1v) is 8.86. The Hall–Kier alpha value is -4.13. The molecule has 2 aromatic heterocycles. The smallest absolute Gasteiger partial charge is 0.279 e. The number of benzene rings is 2. The van der Waals surface area contributed by atoms with Crippen molar-refractivity contribution in [2.45, 2.75) is 6.92 Å². The van der Waals surface area contributed by atoms with Gasteiger partial charge in [0.2, 0.25) is 0 Å². The van der Waals surface area contributed by atoms with Crippen LogP contribution in [-0.4, -0.2) is 14.7 Å². The van der Waals surface area contributed by atoms with Crippen molar-refractivity contribution in [2.24, 2.45) is 0 Å². The summed E-state index contributed by atoms with van der Waals surface area (Å²) in [6.07, 6.45) is 1.60. The number of nitrogens with zero attached hydrogens (tertiary/aromatic N) is 2. The van der Waals surface area contributed by atoms with Gasteiger partial charge in [-0.25, -0.2) is 4.68 Å². The second kappa shape index (κ2) is 7.12. The lowest BCUT2D eigenvalue weighted by molar-refractivity contribution is -0.385. The molecule has 0 spiro atoms. The molecule has 29 heavy (non-hydrogen) atoms. The van der Waals surface area contributed by atoms with E-state index in [2.05, 4.69) is 11.7 Å². The first-order valence-electron chi connectivity index (χ1n) is 8.86. The van der Waals surface area contributed by atoms with Crippen LogP contribution in [0.1, 0.15) is 11.3 Å². The fourth-order valence-electron chi connectivity index (χ4n) is 3.09. The summed E-state index contributed by atoms with van der Waals surface area (Å²) in [5.41, 5.74) is 1.65. The van der Waals surface area contributed by atoms with E-state index in [-0.39, 0.29) is 11.2 Å². The molecule has 7 nitrogen and oxygen atoms in total. The molecule has 0 unspecified atom stereocenters. The number of rotatable bonds is 4. The number of hydrogen-bond donors (Lipinski definition) is 1. The first-order chi connectivity index (χ1) is 13.9. The van der Waals surface area contributed by atoms with Gasteiger partial charge in [-0.1, -0.05) is 36.9 Å². The average Bonchev–Trinajstić information content (AvgIpc) is 3.29. The highest BCUT2D eigenvalue weighted by Gasteiger charge is 2.14. The largest absolute Gasteiger partial charge is 0.457 e. The van der Waals surface area contributed by atoms with Crippen LogP contribution in [0.25, 0.3) is 29.7 Å². The number of aromatic amines is 1. The normalized spacial score (nSPS) is 11.7. The van der Waals surface area contributed by atoms with Crippen molar-refractivity contribution in [1.29, 1.82) is 0 Å². The molecular formula is C22H17N3O4. The monoisotopic (exact) mass is 387 g/mol. The Balaban J connectivity index is 1.76. The molecule has 2 heterocycles. The molecule has 0 aliphatic carbocycles. The van der Waals surface area contributed by atoms with Crippen molar-refractivity contribution in [2.75, 3.05) is 0 Å². The molecule has 0 saturated carbocycles. The molecule has 144 valence electrons. The van der Waals surface area contributed by atoms with Gasteiger partial charge in [0.1, 0.15) is 11.5 Å². The molecule has 0 aliphatic heterocycles. The zero-order valence-corrected chi connectivity index (χ0v) is 15.6. The maximum absolute atomic E-state index is 12.8. The number of H-pyrrole nitrogens is 1. The molecule has 0 bridgehead atoms. The van der Waals surface area contributed by atoms with Crippen LogP contribution in [0.4, 0.5) is 5.69 Å². The summed E-state index contributed by atoms with van der Waals surface area (Å²) in [6, 6.07) is 17.5. The Morgan fingerprint density at radius 3 is 2.62 bits per heavy atom. The summed E-state index contributed by atoms with van der Waals surface area (Å²) in [4.78, 5) is 23.5. The summed E-state index contributed by atoms with van der Waals surface area (Å²) >= 11 is 0. The minimum Gasteiger partial charge on any atom is -0.457 e. The van der Waals surface area contributed by atoms with Crippen molar-refractivity contribution in [3.63, 3.8) is 0 Å². The van der Waals surface area contributed by atoms with E-state index in [0.29, 0.717) is 38.9 Å². The van der Waals surface area contributed by atoms with E-state index in [1.807, 2.05) is 30.3 Å². The molecule has 4 rings (SSSR count). The van der Waals surface area contributed by atoms with Gasteiger partial charge in [0, 0.05) is 17.2 Å². The highest BCUT2D eigenvalue weighted by atomic mass is 16.6. The van der Waals surface area contributed by atoms with Crippen LogP contribution >= 0.6 is 0 Å². The molecule has 7 heteroatoms. The Kier molecular flexibility index (Phi) is 4.48. The number of para-hydroxylation sites is 1. The second-order valence-corrected chi connectivity index (χ2v) is 6.58. The van der Waals surface area contributed by atoms with E-state index in [4.69, 9.17) is 4.42 Å². The molecule has 2 aromatic carbocycles. The first kappa shape index (κ1) is 18.2. The summed E-state index contributed by atoms with van der Waals surface area (Å²) in [5, 5.41) is 15.0. The van der Waals surface area contributed by atoms with Gasteiger partial charge >= 0.3 is 0 Å². The molecule has 0 radical (unpaired) electrons. The van der Waals surface area contributed by atoms with Crippen LogP contribution in [0.5, 0.6) is 0 Å². The van der Waals surface area contributed by atoms with E-state index >= 15 is 0 Å². The molecule has 0 atom stereocenters. The number of aryl methyl sites for hydroxylation is 1. The van der Waals surface area contributed by atoms with Gasteiger partial charge in [-0.2, -0.15) is 0 Å². The summed E-state index contributed by atoms with van der Waals surface area (Å²) in [6.45, 7) is 5.59. The fourth-order valence-corrected chi connectivity index (χ4v) is 3.09. The van der Waals surface area contributed by atoms with Gasteiger partial charge in [-0.3, -0.25) is 20.0 Å². The Morgan fingerprint density at radius 2 is 1.90 bits per heavy atom. The van der Waals surface area contributed by atoms with Gasteiger partial charge in [0.15, 0.2) is 0 Å². The van der Waals surface area contributed by atoms with Crippen molar-refractivity contribution < 1.29 is 9.34 Å². The number of nitrogens with one attached hydrogen (secondary N) is 1. The summed E-state index contributed by atoms with van der Waals surface area (Å²) in [5.74, 6) is 0.924. The average molecular weight is 387 g/mol. The van der Waals surface area contributed by atoms with Gasteiger partial charge in [-0.15, -0.1) is 0 Å². The minimum absolute atomic E-state index is 0.0286. The predicted molar refractivity (Wildman–Crippen MR) is 110 cm³/mol. The Bertz CT molecular complexity index is 1380. The zero-order valence-electron chi connectivity index (χ0n) is 15.6. The van der Waals surface area contributed by atoms with E-state index in [1.165, 1.54) is 10.7 Å². The van der Waals surface area contributed by atoms with Crippen LogP contribution in [0.15, 0.2) is 69.9 Å². The third-order valence-electron chi connectivity index (χ3n) is 4.62. The molecule has 0 saturated heterocycles. The van der Waals surface area contributed by atoms with Crippen LogP contribution in [0.3, 0.4) is 0 Å². The molecule has 0 amide bonds. The van der Waals surface area contributed by atoms with Crippen molar-refractivity contribution in [1.82, 2.24) is 9.78 Å². The SMILES string of the molecule is C=c1[nH]n(-c2ccccc2)c(=O)/c1=C\c1ccc(-c2ccc(C)c([N+](=O)[O-])c2)o1. The third-order valence-corrected chi connectivity index (χ3v) is 4.62. The Morgan fingerprint density at radius 1 is 1.14 bits per heavy atom. The van der Waals surface area contributed by atoms with Crippen molar-refractivity contribution >= 4 is 18.3 Å². The van der Waals surface area contributed by atoms with Gasteiger partial charge in [0.25, 0.3) is 11.2 Å². The van der Waals surface area contributed by atoms with Crippen LogP contribution < -0.4 is 16.1 Å². The number of aromatic nitrogens is 2. The second-order valence-electron chi connectivity index (χ2n) is 6.58. The standard InChI is InChI=1S/C22H17N3O4/c1-14-8-9-16(12-20(14)25(27)28)21-11-10-18(29-21)13-19-15(2)23-24(22(19)26)17-6-4-3-5-7-17/h3-13,23H,2H2,1H3/b19-13-. The highest BCUT2D eigenvalue weighted by Crippen LogP contribution is 2.28. The van der Waals surface area contributed by atoms with Crippen LogP contribution in [-0.2, 0) is 0 Å². The Labute approximate surface area is 165 Å². The third kappa shape index (κ3) is 3.41. The number of nitro groups is 1. The lowest BCUT2D eigenvalue weighted by Gasteiger charge is -2.00. The zero-order chi connectivity index (χ0) is 20.5. The van der Waals surface area contributed by atoms with E-state index in [0.717, 1.165) is 0 Å². The lowest BCUT2D eigenvalue weighted by Crippen LogP contribution is -2.33. The van der Waals surface area contributed by atoms with E-state index < -0.39 is 4.92 Å². The fraction of sp³-hybridized carbons (Fsp3) is 0.0455. The lowest BCUT2D eigenvalue weighted by atomic mass is 10.1. The number of furan rings is 1. The number of nitro benzene ring substituents is 1. The maximum Gasteiger partial charge on any atom is 0.279 e. The summed E-state index contributed by atoms with van der Waals surface area (Å²) in [7, 11) is 0. The molecule has 0 fully saturated rings. The van der Waals surface area contributed by atoms with E-state index in [1.54, 1.807) is 37.3 Å². The molecular weight excluding hydrogens is 370 g/mol.